The molecule has 1 heterocycles. The predicted octanol–water partition coefficient (Wildman–Crippen LogP) is 7.51. The summed E-state index contributed by atoms with van der Waals surface area (Å²) in [4.78, 5) is 0. The van der Waals surface area contributed by atoms with E-state index >= 15 is 0 Å². The van der Waals surface area contributed by atoms with Crippen LogP contribution in [-0.2, 0) is 5.60 Å². The Hall–Kier alpha value is -3.14. The fourth-order valence-electron chi connectivity index (χ4n) is 4.22. The number of rotatable bonds is 4. The molecule has 0 N–H and O–H groups in total. The van der Waals surface area contributed by atoms with Gasteiger partial charge in [-0.05, 0) is 53.3 Å². The molecule has 5 heteroatoms. The molecular weight excluding hydrogens is 443 g/mol. The number of ether oxygens (including phenoxy) is 3. The second-order valence-electron chi connectivity index (χ2n) is 7.57. The van der Waals surface area contributed by atoms with Crippen LogP contribution in [-0.4, -0.2) is 14.2 Å². The summed E-state index contributed by atoms with van der Waals surface area (Å²) in [5.41, 5.74) is 1.83. The highest BCUT2D eigenvalue weighted by atomic mass is 35.5. The predicted molar refractivity (Wildman–Crippen MR) is 130 cm³/mol. The lowest BCUT2D eigenvalue weighted by Gasteiger charge is -2.36. The molecule has 4 aromatic rings. The Kier molecular flexibility index (Phi) is 5.24. The molecule has 1 aliphatic heterocycles. The van der Waals surface area contributed by atoms with Gasteiger partial charge in [0, 0.05) is 16.7 Å². The van der Waals surface area contributed by atoms with Crippen LogP contribution >= 0.6 is 23.2 Å². The van der Waals surface area contributed by atoms with E-state index in [0.29, 0.717) is 21.5 Å². The van der Waals surface area contributed by atoms with Gasteiger partial charge in [-0.2, -0.15) is 0 Å². The van der Waals surface area contributed by atoms with Gasteiger partial charge in [0.15, 0.2) is 5.60 Å². The second kappa shape index (κ2) is 8.09. The lowest BCUT2D eigenvalue weighted by molar-refractivity contribution is 0.161. The van der Waals surface area contributed by atoms with Crippen molar-refractivity contribution >= 4 is 40.1 Å². The van der Waals surface area contributed by atoms with E-state index in [1.165, 1.54) is 0 Å². The molecule has 0 bridgehead atoms. The zero-order valence-electron chi connectivity index (χ0n) is 17.6. The minimum absolute atomic E-state index is 0.505. The summed E-state index contributed by atoms with van der Waals surface area (Å²) < 4.78 is 17.5. The van der Waals surface area contributed by atoms with Gasteiger partial charge < -0.3 is 14.2 Å². The summed E-state index contributed by atoms with van der Waals surface area (Å²) >= 11 is 13.0. The van der Waals surface area contributed by atoms with Crippen molar-refractivity contribution in [3.63, 3.8) is 0 Å². The van der Waals surface area contributed by atoms with Crippen LogP contribution in [0.3, 0.4) is 0 Å². The smallest absolute Gasteiger partial charge is 0.178 e. The number of benzene rings is 4. The Bertz CT molecular complexity index is 1310. The van der Waals surface area contributed by atoms with Gasteiger partial charge in [0.2, 0.25) is 0 Å². The number of hydrogen-bond acceptors (Lipinski definition) is 3. The molecule has 0 atom stereocenters. The van der Waals surface area contributed by atoms with E-state index in [9.17, 15) is 0 Å². The Balaban J connectivity index is 1.73. The lowest BCUT2D eigenvalue weighted by Crippen LogP contribution is -2.34. The van der Waals surface area contributed by atoms with E-state index in [0.717, 1.165) is 33.2 Å². The maximum Gasteiger partial charge on any atom is 0.178 e. The van der Waals surface area contributed by atoms with Crippen LogP contribution in [0.25, 0.3) is 16.8 Å². The van der Waals surface area contributed by atoms with Gasteiger partial charge in [-0.3, -0.25) is 0 Å². The van der Waals surface area contributed by atoms with Gasteiger partial charge in [0.1, 0.15) is 17.2 Å². The minimum Gasteiger partial charge on any atom is -0.495 e. The first kappa shape index (κ1) is 20.7. The SMILES string of the molecule is COc1ccc(C2(c3ccc(OC)c(Cl)c3)C=Cc3c(ccc4ccccc34)O2)cc1Cl. The van der Waals surface area contributed by atoms with Crippen molar-refractivity contribution in [3.8, 4) is 17.2 Å². The minimum atomic E-state index is -0.929. The van der Waals surface area contributed by atoms with E-state index in [4.69, 9.17) is 37.4 Å². The highest BCUT2D eigenvalue weighted by Crippen LogP contribution is 2.46. The molecule has 4 aromatic carbocycles. The summed E-state index contributed by atoms with van der Waals surface area (Å²) in [5.74, 6) is 1.99. The fourth-order valence-corrected chi connectivity index (χ4v) is 4.73. The van der Waals surface area contributed by atoms with E-state index in [2.05, 4.69) is 30.4 Å². The van der Waals surface area contributed by atoms with Crippen LogP contribution in [0.1, 0.15) is 16.7 Å². The highest BCUT2D eigenvalue weighted by Gasteiger charge is 2.38. The Morgan fingerprint density at radius 1 is 0.750 bits per heavy atom. The summed E-state index contributed by atoms with van der Waals surface area (Å²) in [7, 11) is 3.19. The lowest BCUT2D eigenvalue weighted by atomic mass is 9.83. The molecule has 0 unspecified atom stereocenters. The highest BCUT2D eigenvalue weighted by molar-refractivity contribution is 6.32. The number of halogens is 2. The maximum atomic E-state index is 6.77. The molecule has 32 heavy (non-hydrogen) atoms. The van der Waals surface area contributed by atoms with Crippen molar-refractivity contribution < 1.29 is 14.2 Å². The molecule has 0 spiro atoms. The average Bonchev–Trinajstić information content (AvgIpc) is 2.83. The summed E-state index contributed by atoms with van der Waals surface area (Å²) in [6.45, 7) is 0. The Morgan fingerprint density at radius 2 is 1.38 bits per heavy atom. The largest absolute Gasteiger partial charge is 0.495 e. The number of methoxy groups -OCH3 is 2. The molecule has 0 saturated heterocycles. The van der Waals surface area contributed by atoms with E-state index in [-0.39, 0.29) is 0 Å². The fraction of sp³-hybridized carbons (Fsp3) is 0.111. The molecule has 0 amide bonds. The van der Waals surface area contributed by atoms with Crippen molar-refractivity contribution in [1.29, 1.82) is 0 Å². The third-order valence-corrected chi connectivity index (χ3v) is 6.44. The zero-order chi connectivity index (χ0) is 22.3. The quantitative estimate of drug-likeness (QED) is 0.313. The summed E-state index contributed by atoms with van der Waals surface area (Å²) in [5, 5.41) is 3.30. The van der Waals surface area contributed by atoms with E-state index in [1.54, 1.807) is 14.2 Å². The molecular formula is C27H20Cl2O3. The van der Waals surface area contributed by atoms with Crippen LogP contribution in [0.4, 0.5) is 0 Å². The van der Waals surface area contributed by atoms with Crippen LogP contribution in [0, 0.1) is 0 Å². The molecule has 0 fully saturated rings. The van der Waals surface area contributed by atoms with Crippen LogP contribution in [0.2, 0.25) is 10.0 Å². The van der Waals surface area contributed by atoms with Gasteiger partial charge in [-0.1, -0.05) is 65.7 Å². The van der Waals surface area contributed by atoms with Crippen molar-refractivity contribution in [1.82, 2.24) is 0 Å². The first-order chi connectivity index (χ1) is 15.6. The molecule has 160 valence electrons. The standard InChI is InChI=1S/C27H20Cl2O3/c1-30-25-11-8-18(15-22(25)28)27(19-9-12-26(31-2)23(29)16-19)14-13-21-20-6-4-3-5-17(20)7-10-24(21)32-27/h3-16H,1-2H3. The molecule has 0 saturated carbocycles. The summed E-state index contributed by atoms with van der Waals surface area (Å²) in [6.07, 6.45) is 4.16. The first-order valence-corrected chi connectivity index (χ1v) is 10.9. The maximum absolute atomic E-state index is 6.77. The number of fused-ring (bicyclic) bond motifs is 3. The Morgan fingerprint density at radius 3 is 1.97 bits per heavy atom. The normalized spacial score (nSPS) is 14.0. The third-order valence-electron chi connectivity index (χ3n) is 5.85. The monoisotopic (exact) mass is 462 g/mol. The van der Waals surface area contributed by atoms with Crippen LogP contribution < -0.4 is 14.2 Å². The molecule has 5 rings (SSSR count). The van der Waals surface area contributed by atoms with Gasteiger partial charge in [0.05, 0.1) is 24.3 Å². The topological polar surface area (TPSA) is 27.7 Å². The second-order valence-corrected chi connectivity index (χ2v) is 8.38. The van der Waals surface area contributed by atoms with Crippen LogP contribution in [0.15, 0.2) is 78.9 Å². The van der Waals surface area contributed by atoms with Crippen molar-refractivity contribution in [2.24, 2.45) is 0 Å². The Labute approximate surface area is 196 Å². The van der Waals surface area contributed by atoms with Gasteiger partial charge in [-0.25, -0.2) is 0 Å². The first-order valence-electron chi connectivity index (χ1n) is 10.1. The van der Waals surface area contributed by atoms with E-state index < -0.39 is 5.60 Å². The van der Waals surface area contributed by atoms with E-state index in [1.807, 2.05) is 54.6 Å². The van der Waals surface area contributed by atoms with Crippen molar-refractivity contribution in [2.45, 2.75) is 5.60 Å². The molecule has 3 nitrogen and oxygen atoms in total. The summed E-state index contributed by atoms with van der Waals surface area (Å²) in [6, 6.07) is 23.7. The van der Waals surface area contributed by atoms with Gasteiger partial charge in [0.25, 0.3) is 0 Å². The molecule has 0 aromatic heterocycles. The molecule has 1 aliphatic rings. The zero-order valence-corrected chi connectivity index (χ0v) is 19.1. The van der Waals surface area contributed by atoms with Crippen molar-refractivity contribution in [2.75, 3.05) is 14.2 Å². The average molecular weight is 463 g/mol. The number of hydrogen-bond donors (Lipinski definition) is 0. The third kappa shape index (κ3) is 3.29. The van der Waals surface area contributed by atoms with Gasteiger partial charge >= 0.3 is 0 Å². The molecule has 0 radical (unpaired) electrons. The molecule has 0 aliphatic carbocycles. The van der Waals surface area contributed by atoms with Crippen molar-refractivity contribution in [3.05, 3.63) is 106 Å². The van der Waals surface area contributed by atoms with Crippen LogP contribution in [0.5, 0.6) is 17.2 Å². The van der Waals surface area contributed by atoms with Gasteiger partial charge in [-0.15, -0.1) is 0 Å².